The van der Waals surface area contributed by atoms with Gasteiger partial charge in [-0.2, -0.15) is 0 Å². The quantitative estimate of drug-likeness (QED) is 0.718. The molecule has 0 aromatic heterocycles. The highest BCUT2D eigenvalue weighted by molar-refractivity contribution is 8.01. The van der Waals surface area contributed by atoms with Crippen LogP contribution in [0, 0.1) is 0 Å². The molecule has 0 radical (unpaired) electrons. The van der Waals surface area contributed by atoms with Crippen LogP contribution in [0.25, 0.3) is 0 Å². The molecule has 2 aliphatic rings. The minimum absolute atomic E-state index is 0.346. The molecule has 0 bridgehead atoms. The van der Waals surface area contributed by atoms with Gasteiger partial charge in [-0.1, -0.05) is 6.92 Å². The van der Waals surface area contributed by atoms with Crippen molar-refractivity contribution < 1.29 is 0 Å². The molecule has 0 unspecified atom stereocenters. The number of hydrogen-bond acceptors (Lipinski definition) is 3. The minimum Gasteiger partial charge on any atom is -0.303 e. The molecule has 0 aliphatic carbocycles. The molecular weight excluding hydrogens is 192 g/mol. The topological polar surface area (TPSA) is 15.3 Å². The lowest BCUT2D eigenvalue weighted by molar-refractivity contribution is 0.180. The van der Waals surface area contributed by atoms with E-state index in [1.807, 2.05) is 0 Å². The van der Waals surface area contributed by atoms with E-state index in [2.05, 4.69) is 42.7 Å². The number of likely N-dealkylation sites (tertiary alicyclic amines) is 1. The molecule has 0 aromatic rings. The second-order valence-electron chi connectivity index (χ2n) is 5.23. The molecule has 1 N–H and O–H groups in total. The van der Waals surface area contributed by atoms with Gasteiger partial charge in [0.2, 0.25) is 0 Å². The van der Waals surface area contributed by atoms with Crippen molar-refractivity contribution in [2.24, 2.45) is 0 Å². The van der Waals surface area contributed by atoms with Gasteiger partial charge in [-0.05, 0) is 33.2 Å². The van der Waals surface area contributed by atoms with Crippen LogP contribution in [0.3, 0.4) is 0 Å². The molecule has 0 saturated carbocycles. The summed E-state index contributed by atoms with van der Waals surface area (Å²) < 4.78 is 0. The second-order valence-corrected chi connectivity index (χ2v) is 6.58. The predicted molar refractivity (Wildman–Crippen MR) is 63.8 cm³/mol. The molecule has 2 rings (SSSR count). The van der Waals surface area contributed by atoms with Gasteiger partial charge in [-0.15, -0.1) is 11.8 Å². The number of rotatable bonds is 1. The maximum Gasteiger partial charge on any atom is 0.0674 e. The van der Waals surface area contributed by atoms with E-state index in [1.165, 1.54) is 38.2 Å². The zero-order chi connectivity index (χ0) is 10.2. The van der Waals surface area contributed by atoms with Crippen molar-refractivity contribution in [1.29, 1.82) is 0 Å². The normalized spacial score (nSPS) is 31.1. The standard InChI is InChI=1S/C11H22N2S/c1-4-13-7-5-11(6-8-13)12-10(2,3)9-14-11/h12H,4-9H2,1-3H3. The predicted octanol–water partition coefficient (Wildman–Crippen LogP) is 1.91. The first-order valence-electron chi connectivity index (χ1n) is 5.71. The first-order chi connectivity index (χ1) is 6.55. The maximum atomic E-state index is 3.83. The van der Waals surface area contributed by atoms with Gasteiger partial charge in [-0.25, -0.2) is 0 Å². The van der Waals surface area contributed by atoms with Gasteiger partial charge in [0.1, 0.15) is 0 Å². The van der Waals surface area contributed by atoms with Gasteiger partial charge in [0.25, 0.3) is 0 Å². The number of nitrogens with zero attached hydrogens (tertiary/aromatic N) is 1. The van der Waals surface area contributed by atoms with Crippen molar-refractivity contribution in [3.63, 3.8) is 0 Å². The molecule has 0 amide bonds. The van der Waals surface area contributed by atoms with Crippen molar-refractivity contribution >= 4 is 11.8 Å². The van der Waals surface area contributed by atoms with Crippen molar-refractivity contribution in [2.75, 3.05) is 25.4 Å². The van der Waals surface area contributed by atoms with Crippen LogP contribution in [-0.4, -0.2) is 40.7 Å². The Balaban J connectivity index is 1.94. The summed E-state index contributed by atoms with van der Waals surface area (Å²) in [6.45, 7) is 10.7. The zero-order valence-electron chi connectivity index (χ0n) is 9.60. The highest BCUT2D eigenvalue weighted by atomic mass is 32.2. The van der Waals surface area contributed by atoms with E-state index in [9.17, 15) is 0 Å². The Bertz CT molecular complexity index is 207. The van der Waals surface area contributed by atoms with Crippen LogP contribution < -0.4 is 5.32 Å². The lowest BCUT2D eigenvalue weighted by atomic mass is 10.00. The van der Waals surface area contributed by atoms with E-state index >= 15 is 0 Å². The van der Waals surface area contributed by atoms with Crippen LogP contribution >= 0.6 is 11.8 Å². The smallest absolute Gasteiger partial charge is 0.0674 e. The van der Waals surface area contributed by atoms with E-state index in [1.54, 1.807) is 0 Å². The van der Waals surface area contributed by atoms with Crippen molar-refractivity contribution in [3.05, 3.63) is 0 Å². The summed E-state index contributed by atoms with van der Waals surface area (Å²) in [7, 11) is 0. The lowest BCUT2D eigenvalue weighted by Crippen LogP contribution is -2.53. The van der Waals surface area contributed by atoms with Crippen molar-refractivity contribution in [2.45, 2.75) is 44.0 Å². The fourth-order valence-electron chi connectivity index (χ4n) is 2.51. The van der Waals surface area contributed by atoms with E-state index in [-0.39, 0.29) is 0 Å². The Hall–Kier alpha value is 0.270. The van der Waals surface area contributed by atoms with Crippen molar-refractivity contribution in [3.8, 4) is 0 Å². The van der Waals surface area contributed by atoms with Gasteiger partial charge in [-0.3, -0.25) is 5.32 Å². The summed E-state index contributed by atoms with van der Waals surface area (Å²) in [5.74, 6) is 1.26. The molecule has 1 spiro atoms. The average Bonchev–Trinajstić information content (AvgIpc) is 2.44. The van der Waals surface area contributed by atoms with Crippen LogP contribution in [0.2, 0.25) is 0 Å². The third kappa shape index (κ3) is 2.10. The minimum atomic E-state index is 0.346. The van der Waals surface area contributed by atoms with E-state index in [0.29, 0.717) is 10.4 Å². The Morgan fingerprint density at radius 3 is 2.36 bits per heavy atom. The summed E-state index contributed by atoms with van der Waals surface area (Å²) in [6, 6.07) is 0. The van der Waals surface area contributed by atoms with Crippen LogP contribution in [0.15, 0.2) is 0 Å². The number of piperidine rings is 1. The third-order valence-electron chi connectivity index (χ3n) is 3.39. The fraction of sp³-hybridized carbons (Fsp3) is 1.00. The van der Waals surface area contributed by atoms with Crippen molar-refractivity contribution in [1.82, 2.24) is 10.2 Å². The van der Waals surface area contributed by atoms with E-state index < -0.39 is 0 Å². The van der Waals surface area contributed by atoms with Crippen LogP contribution in [-0.2, 0) is 0 Å². The summed E-state index contributed by atoms with van der Waals surface area (Å²) in [5.41, 5.74) is 0.346. The van der Waals surface area contributed by atoms with Gasteiger partial charge in [0.15, 0.2) is 0 Å². The highest BCUT2D eigenvalue weighted by Gasteiger charge is 2.44. The summed E-state index contributed by atoms with van der Waals surface area (Å²) in [5, 5.41) is 3.83. The SMILES string of the molecule is CCN1CCC2(CC1)NC(C)(C)CS2. The van der Waals surface area contributed by atoms with Crippen LogP contribution in [0.4, 0.5) is 0 Å². The van der Waals surface area contributed by atoms with Gasteiger partial charge in [0, 0.05) is 24.4 Å². The largest absolute Gasteiger partial charge is 0.303 e. The molecule has 0 aromatic carbocycles. The lowest BCUT2D eigenvalue weighted by Gasteiger charge is -2.39. The molecule has 2 saturated heterocycles. The molecule has 82 valence electrons. The number of nitrogens with one attached hydrogen (secondary N) is 1. The second kappa shape index (κ2) is 3.69. The molecule has 2 fully saturated rings. The summed E-state index contributed by atoms with van der Waals surface area (Å²) in [4.78, 5) is 2.97. The fourth-order valence-corrected chi connectivity index (χ4v) is 4.04. The Morgan fingerprint density at radius 1 is 1.29 bits per heavy atom. The summed E-state index contributed by atoms with van der Waals surface area (Å²) in [6.07, 6.45) is 2.63. The Morgan fingerprint density at radius 2 is 1.93 bits per heavy atom. The molecule has 2 nitrogen and oxygen atoms in total. The average molecular weight is 214 g/mol. The van der Waals surface area contributed by atoms with Crippen LogP contribution in [0.1, 0.15) is 33.6 Å². The number of thioether (sulfide) groups is 1. The van der Waals surface area contributed by atoms with E-state index in [0.717, 1.165) is 0 Å². The molecule has 2 aliphatic heterocycles. The van der Waals surface area contributed by atoms with E-state index in [4.69, 9.17) is 0 Å². The molecule has 14 heavy (non-hydrogen) atoms. The summed E-state index contributed by atoms with van der Waals surface area (Å²) >= 11 is 2.15. The molecule has 2 heterocycles. The molecule has 0 atom stereocenters. The van der Waals surface area contributed by atoms with Crippen LogP contribution in [0.5, 0.6) is 0 Å². The maximum absolute atomic E-state index is 3.83. The third-order valence-corrected chi connectivity index (χ3v) is 5.32. The van der Waals surface area contributed by atoms with Gasteiger partial charge < -0.3 is 4.90 Å². The first-order valence-corrected chi connectivity index (χ1v) is 6.69. The zero-order valence-corrected chi connectivity index (χ0v) is 10.4. The van der Waals surface area contributed by atoms with Gasteiger partial charge >= 0.3 is 0 Å². The Kier molecular flexibility index (Phi) is 2.84. The highest BCUT2D eigenvalue weighted by Crippen LogP contribution is 2.42. The number of hydrogen-bond donors (Lipinski definition) is 1. The van der Waals surface area contributed by atoms with Gasteiger partial charge in [0.05, 0.1) is 4.87 Å². The molecule has 3 heteroatoms. The molecular formula is C11H22N2S. The Labute approximate surface area is 91.8 Å². The first kappa shape index (κ1) is 10.8. The monoisotopic (exact) mass is 214 g/mol.